The minimum atomic E-state index is -4.02. The fourth-order valence-corrected chi connectivity index (χ4v) is 5.05. The molecule has 3 aromatic carbocycles. The molecule has 0 atom stereocenters. The first-order valence-corrected chi connectivity index (χ1v) is 12.9. The van der Waals surface area contributed by atoms with Crippen molar-refractivity contribution in [1.29, 1.82) is 0 Å². The summed E-state index contributed by atoms with van der Waals surface area (Å²) in [6.07, 6.45) is 0.597. The van der Waals surface area contributed by atoms with Crippen LogP contribution in [0.1, 0.15) is 37.5 Å². The summed E-state index contributed by atoms with van der Waals surface area (Å²) in [6, 6.07) is 20.7. The van der Waals surface area contributed by atoms with Crippen molar-refractivity contribution in [1.82, 2.24) is 5.43 Å². The normalized spacial score (nSPS) is 11.6. The Morgan fingerprint density at radius 1 is 0.944 bits per heavy atom. The Hall–Kier alpha value is -3.98. The largest absolute Gasteiger partial charge is 0.326 e. The molecule has 3 rings (SSSR count). The standard InChI is InChI=1S/C27H30N4O4S/c1-5-22-9-6-7-12-26(22)31(36(34,35)25-15-13-19(2)14-16-25)18-27(33)30-29-20(3)23-10-8-11-24(17-23)28-21(4)32/h6-17H,5,18H2,1-4H3,(H,28,32)(H,30,33)/b29-20-. The molecule has 0 saturated heterocycles. The maximum Gasteiger partial charge on any atom is 0.264 e. The van der Waals surface area contributed by atoms with Gasteiger partial charge in [-0.2, -0.15) is 5.10 Å². The molecule has 2 amide bonds. The summed E-state index contributed by atoms with van der Waals surface area (Å²) in [5.74, 6) is -0.786. The Bertz CT molecular complexity index is 1380. The maximum absolute atomic E-state index is 13.6. The number of anilines is 2. The number of hydrazone groups is 1. The van der Waals surface area contributed by atoms with Gasteiger partial charge in [0.2, 0.25) is 5.91 Å². The predicted octanol–water partition coefficient (Wildman–Crippen LogP) is 4.25. The van der Waals surface area contributed by atoms with Gasteiger partial charge in [-0.1, -0.05) is 55.0 Å². The molecule has 3 aromatic rings. The first-order chi connectivity index (χ1) is 17.1. The van der Waals surface area contributed by atoms with Gasteiger partial charge in [0, 0.05) is 12.6 Å². The Balaban J connectivity index is 1.88. The fraction of sp³-hybridized carbons (Fsp3) is 0.222. The highest BCUT2D eigenvalue weighted by Crippen LogP contribution is 2.27. The van der Waals surface area contributed by atoms with Gasteiger partial charge < -0.3 is 5.32 Å². The molecule has 0 aromatic heterocycles. The summed E-state index contributed by atoms with van der Waals surface area (Å²) >= 11 is 0. The molecule has 0 radical (unpaired) electrons. The van der Waals surface area contributed by atoms with Crippen molar-refractivity contribution in [2.24, 2.45) is 5.10 Å². The number of amides is 2. The van der Waals surface area contributed by atoms with E-state index < -0.39 is 22.5 Å². The van der Waals surface area contributed by atoms with Gasteiger partial charge in [0.25, 0.3) is 15.9 Å². The van der Waals surface area contributed by atoms with Crippen LogP contribution >= 0.6 is 0 Å². The van der Waals surface area contributed by atoms with Crippen molar-refractivity contribution >= 4 is 38.9 Å². The van der Waals surface area contributed by atoms with Gasteiger partial charge in [0.05, 0.1) is 16.3 Å². The number of hydrogen-bond donors (Lipinski definition) is 2. The van der Waals surface area contributed by atoms with E-state index in [-0.39, 0.29) is 10.8 Å². The van der Waals surface area contributed by atoms with E-state index in [1.54, 1.807) is 55.5 Å². The van der Waals surface area contributed by atoms with Gasteiger partial charge >= 0.3 is 0 Å². The Morgan fingerprint density at radius 3 is 2.31 bits per heavy atom. The number of rotatable bonds is 9. The number of nitrogens with one attached hydrogen (secondary N) is 2. The average Bonchev–Trinajstić information content (AvgIpc) is 2.85. The van der Waals surface area contributed by atoms with Crippen molar-refractivity contribution in [3.63, 3.8) is 0 Å². The molecule has 0 unspecified atom stereocenters. The monoisotopic (exact) mass is 506 g/mol. The summed E-state index contributed by atoms with van der Waals surface area (Å²) in [5, 5.41) is 6.85. The lowest BCUT2D eigenvalue weighted by Gasteiger charge is -2.26. The number of carbonyl (C=O) groups is 2. The number of sulfonamides is 1. The van der Waals surface area contributed by atoms with E-state index in [4.69, 9.17) is 0 Å². The van der Waals surface area contributed by atoms with E-state index in [0.29, 0.717) is 29.1 Å². The van der Waals surface area contributed by atoms with Crippen LogP contribution in [0.4, 0.5) is 11.4 Å². The van der Waals surface area contributed by atoms with Crippen LogP contribution in [0.15, 0.2) is 82.8 Å². The number of aryl methyl sites for hydroxylation is 2. The van der Waals surface area contributed by atoms with Crippen LogP contribution in [0.5, 0.6) is 0 Å². The van der Waals surface area contributed by atoms with E-state index in [1.807, 2.05) is 26.0 Å². The van der Waals surface area contributed by atoms with E-state index in [2.05, 4.69) is 15.8 Å². The highest BCUT2D eigenvalue weighted by atomic mass is 32.2. The van der Waals surface area contributed by atoms with E-state index in [9.17, 15) is 18.0 Å². The quantitative estimate of drug-likeness (QED) is 0.334. The van der Waals surface area contributed by atoms with Gasteiger partial charge in [-0.3, -0.25) is 13.9 Å². The van der Waals surface area contributed by atoms with Crippen LogP contribution in [0.3, 0.4) is 0 Å². The molecule has 8 nitrogen and oxygen atoms in total. The number of hydrogen-bond acceptors (Lipinski definition) is 5. The second kappa shape index (κ2) is 11.6. The molecule has 0 bridgehead atoms. The second-order valence-electron chi connectivity index (χ2n) is 8.30. The number of nitrogens with zero attached hydrogens (tertiary/aromatic N) is 2. The molecule has 36 heavy (non-hydrogen) atoms. The van der Waals surface area contributed by atoms with Crippen LogP contribution in [0.25, 0.3) is 0 Å². The molecule has 0 aliphatic heterocycles. The van der Waals surface area contributed by atoms with E-state index in [1.165, 1.54) is 19.1 Å². The van der Waals surface area contributed by atoms with E-state index >= 15 is 0 Å². The Labute approximate surface area is 212 Å². The SMILES string of the molecule is CCc1ccccc1N(CC(=O)N/N=C(/C)c1cccc(NC(C)=O)c1)S(=O)(=O)c1ccc(C)cc1. The van der Waals surface area contributed by atoms with Crippen molar-refractivity contribution in [2.75, 3.05) is 16.2 Å². The first-order valence-electron chi connectivity index (χ1n) is 11.5. The lowest BCUT2D eigenvalue weighted by Crippen LogP contribution is -2.40. The average molecular weight is 507 g/mol. The van der Waals surface area contributed by atoms with Gasteiger partial charge in [0.1, 0.15) is 6.54 Å². The topological polar surface area (TPSA) is 108 Å². The summed E-state index contributed by atoms with van der Waals surface area (Å²) in [4.78, 5) is 24.3. The molecule has 9 heteroatoms. The molecule has 0 aliphatic rings. The molecule has 0 fully saturated rings. The molecule has 0 saturated carbocycles. The third kappa shape index (κ3) is 6.57. The molecular formula is C27H30N4O4S. The van der Waals surface area contributed by atoms with E-state index in [0.717, 1.165) is 15.4 Å². The highest BCUT2D eigenvalue weighted by molar-refractivity contribution is 7.92. The van der Waals surface area contributed by atoms with Crippen molar-refractivity contribution in [3.05, 3.63) is 89.5 Å². The summed E-state index contributed by atoms with van der Waals surface area (Å²) in [6.45, 7) is 6.48. The smallest absolute Gasteiger partial charge is 0.264 e. The fourth-order valence-electron chi connectivity index (χ4n) is 3.59. The van der Waals surface area contributed by atoms with Crippen LogP contribution in [0.2, 0.25) is 0 Å². The number of para-hydroxylation sites is 1. The lowest BCUT2D eigenvalue weighted by molar-refractivity contribution is -0.119. The minimum Gasteiger partial charge on any atom is -0.326 e. The van der Waals surface area contributed by atoms with Crippen LogP contribution in [-0.4, -0.2) is 32.5 Å². The summed E-state index contributed by atoms with van der Waals surface area (Å²) in [7, 11) is -4.02. The van der Waals surface area contributed by atoms with Crippen LogP contribution < -0.4 is 15.0 Å². The molecule has 2 N–H and O–H groups in total. The van der Waals surface area contributed by atoms with Crippen molar-refractivity contribution in [3.8, 4) is 0 Å². The zero-order valence-corrected chi connectivity index (χ0v) is 21.6. The Morgan fingerprint density at radius 2 is 1.64 bits per heavy atom. The van der Waals surface area contributed by atoms with Crippen LogP contribution in [0, 0.1) is 6.92 Å². The number of carbonyl (C=O) groups excluding carboxylic acids is 2. The summed E-state index contributed by atoms with van der Waals surface area (Å²) in [5.41, 5.74) is 6.44. The molecule has 188 valence electrons. The summed E-state index contributed by atoms with van der Waals surface area (Å²) < 4.78 is 28.3. The van der Waals surface area contributed by atoms with Gasteiger partial charge in [0.15, 0.2) is 0 Å². The minimum absolute atomic E-state index is 0.0984. The highest BCUT2D eigenvalue weighted by Gasteiger charge is 2.28. The lowest BCUT2D eigenvalue weighted by atomic mass is 10.1. The second-order valence-corrected chi connectivity index (χ2v) is 10.2. The zero-order chi connectivity index (χ0) is 26.3. The van der Waals surface area contributed by atoms with Crippen molar-refractivity contribution < 1.29 is 18.0 Å². The molecule has 0 aliphatic carbocycles. The molecule has 0 heterocycles. The molecular weight excluding hydrogens is 476 g/mol. The first kappa shape index (κ1) is 26.6. The van der Waals surface area contributed by atoms with Gasteiger partial charge in [-0.05, 0) is 61.7 Å². The van der Waals surface area contributed by atoms with Gasteiger partial charge in [-0.25, -0.2) is 13.8 Å². The Kier molecular flexibility index (Phi) is 8.60. The zero-order valence-electron chi connectivity index (χ0n) is 20.8. The van der Waals surface area contributed by atoms with Crippen LogP contribution in [-0.2, 0) is 26.0 Å². The van der Waals surface area contributed by atoms with Gasteiger partial charge in [-0.15, -0.1) is 0 Å². The third-order valence-electron chi connectivity index (χ3n) is 5.49. The third-order valence-corrected chi connectivity index (χ3v) is 7.26. The number of benzene rings is 3. The molecule has 0 spiro atoms. The predicted molar refractivity (Wildman–Crippen MR) is 143 cm³/mol. The maximum atomic E-state index is 13.6. The van der Waals surface area contributed by atoms with Crippen molar-refractivity contribution in [2.45, 2.75) is 39.0 Å².